The average molecular weight is 338 g/mol. The molecule has 2 nitrogen and oxygen atoms in total. The number of rotatable bonds is 7. The summed E-state index contributed by atoms with van der Waals surface area (Å²) in [6.45, 7) is 3.01. The van der Waals surface area contributed by atoms with Gasteiger partial charge in [-0.05, 0) is 0 Å². The van der Waals surface area contributed by atoms with Crippen molar-refractivity contribution in [2.24, 2.45) is 11.8 Å². The molecular weight excluding hydrogens is 313 g/mol. The molecule has 1 aliphatic carbocycles. The maximum atomic E-state index is 12.2. The van der Waals surface area contributed by atoms with Crippen LogP contribution in [-0.2, 0) is 4.79 Å². The normalized spacial score (nSPS) is 21.9. The van der Waals surface area contributed by atoms with E-state index >= 15 is 0 Å². The molecule has 0 spiro atoms. The van der Waals surface area contributed by atoms with Crippen molar-refractivity contribution in [2.45, 2.75) is 44.3 Å². The fourth-order valence-electron chi connectivity index (χ4n) is 2.82. The average Bonchev–Trinajstić information content (AvgIpc) is 2.95. The molecule has 1 aliphatic rings. The van der Waals surface area contributed by atoms with Gasteiger partial charge in [0.1, 0.15) is 0 Å². The number of hydrogen-bond acceptors (Lipinski definition) is 1. The molecule has 1 saturated carbocycles. The van der Waals surface area contributed by atoms with E-state index in [0.717, 1.165) is 25.8 Å². The van der Waals surface area contributed by atoms with Crippen LogP contribution in [0.1, 0.15) is 39.0 Å². The summed E-state index contributed by atoms with van der Waals surface area (Å²) in [6.07, 6.45) is 5.79. The van der Waals surface area contributed by atoms with Crippen LogP contribution in [0.5, 0.6) is 0 Å². The third-order valence-electron chi connectivity index (χ3n) is 4.03. The Hall–Kier alpha value is -0.791. The molecule has 1 N–H and O–H groups in total. The topological polar surface area (TPSA) is 29.1 Å². The van der Waals surface area contributed by atoms with E-state index in [1.165, 1.54) is 22.6 Å². The molecule has 0 radical (unpaired) electrons. The van der Waals surface area contributed by atoms with Gasteiger partial charge < -0.3 is 0 Å². The molecule has 2 unspecified atom stereocenters. The first-order chi connectivity index (χ1) is 9.81. The van der Waals surface area contributed by atoms with Crippen LogP contribution in [0.25, 0.3) is 0 Å². The summed E-state index contributed by atoms with van der Waals surface area (Å²) in [6, 6.07) is 10.7. The Balaban J connectivity index is 1.79. The van der Waals surface area contributed by atoms with Gasteiger partial charge in [0.2, 0.25) is 0 Å². The van der Waals surface area contributed by atoms with Crippen molar-refractivity contribution in [3.8, 4) is 0 Å². The standard InChI is InChI=1S/C17H25NOSe/c1-2-3-12-18-17(19)16-11-7-8-14(16)13-20-15-9-5-4-6-10-15/h4-6,9-10,14,16H,2-3,7-8,11-13H2,1H3,(H,18,19). The van der Waals surface area contributed by atoms with Crippen LogP contribution < -0.4 is 9.78 Å². The SMILES string of the molecule is CCCCNC(=O)C1CCCC1C[Se]c1ccccc1. The van der Waals surface area contributed by atoms with E-state index in [0.29, 0.717) is 26.8 Å². The molecule has 0 saturated heterocycles. The van der Waals surface area contributed by atoms with Crippen LogP contribution >= 0.6 is 0 Å². The van der Waals surface area contributed by atoms with Crippen molar-refractivity contribution in [2.75, 3.05) is 6.54 Å². The molecular formula is C17H25NOSe. The summed E-state index contributed by atoms with van der Waals surface area (Å²) >= 11 is 0.512. The molecule has 0 aromatic heterocycles. The number of nitrogens with one attached hydrogen (secondary N) is 1. The Morgan fingerprint density at radius 3 is 2.85 bits per heavy atom. The Bertz CT molecular complexity index is 407. The maximum absolute atomic E-state index is 12.2. The van der Waals surface area contributed by atoms with E-state index in [4.69, 9.17) is 0 Å². The van der Waals surface area contributed by atoms with Gasteiger partial charge in [-0.1, -0.05) is 0 Å². The zero-order valence-electron chi connectivity index (χ0n) is 12.3. The minimum atomic E-state index is 0.275. The number of amides is 1. The van der Waals surface area contributed by atoms with Crippen LogP contribution in [0.3, 0.4) is 0 Å². The minimum absolute atomic E-state index is 0.275. The van der Waals surface area contributed by atoms with Crippen molar-refractivity contribution in [3.63, 3.8) is 0 Å². The molecule has 0 aliphatic heterocycles. The molecule has 20 heavy (non-hydrogen) atoms. The van der Waals surface area contributed by atoms with Gasteiger partial charge in [0, 0.05) is 0 Å². The van der Waals surface area contributed by atoms with Gasteiger partial charge in [-0.25, -0.2) is 0 Å². The van der Waals surface area contributed by atoms with Gasteiger partial charge in [-0.15, -0.1) is 0 Å². The summed E-state index contributed by atoms with van der Waals surface area (Å²) < 4.78 is 1.46. The summed E-state index contributed by atoms with van der Waals surface area (Å²) in [7, 11) is 0. The number of carbonyl (C=O) groups excluding carboxylic acids is 1. The van der Waals surface area contributed by atoms with Gasteiger partial charge >= 0.3 is 128 Å². The van der Waals surface area contributed by atoms with Crippen LogP contribution in [0.15, 0.2) is 30.3 Å². The second kappa shape index (κ2) is 8.49. The molecule has 1 amide bonds. The first-order valence-electron chi connectivity index (χ1n) is 7.77. The fraction of sp³-hybridized carbons (Fsp3) is 0.588. The molecule has 1 fully saturated rings. The summed E-state index contributed by atoms with van der Waals surface area (Å²) in [5.41, 5.74) is 0. The monoisotopic (exact) mass is 339 g/mol. The molecule has 1 aromatic rings. The number of carbonyl (C=O) groups is 1. The van der Waals surface area contributed by atoms with E-state index in [9.17, 15) is 4.79 Å². The van der Waals surface area contributed by atoms with Gasteiger partial charge in [0.15, 0.2) is 0 Å². The molecule has 110 valence electrons. The summed E-state index contributed by atoms with van der Waals surface area (Å²) in [4.78, 5) is 12.2. The molecule has 3 heteroatoms. The molecule has 1 aromatic carbocycles. The van der Waals surface area contributed by atoms with Crippen LogP contribution in [0.2, 0.25) is 5.32 Å². The fourth-order valence-corrected chi connectivity index (χ4v) is 5.24. The van der Waals surface area contributed by atoms with Gasteiger partial charge in [-0.2, -0.15) is 0 Å². The van der Waals surface area contributed by atoms with Crippen LogP contribution in [0, 0.1) is 11.8 Å². The van der Waals surface area contributed by atoms with Crippen LogP contribution in [0.4, 0.5) is 0 Å². The zero-order valence-corrected chi connectivity index (χ0v) is 14.0. The molecule has 2 atom stereocenters. The quantitative estimate of drug-likeness (QED) is 0.601. The van der Waals surface area contributed by atoms with E-state index in [-0.39, 0.29) is 5.92 Å². The van der Waals surface area contributed by atoms with E-state index in [1.54, 1.807) is 0 Å². The van der Waals surface area contributed by atoms with E-state index in [2.05, 4.69) is 42.6 Å². The van der Waals surface area contributed by atoms with Crippen molar-refractivity contribution < 1.29 is 4.79 Å². The predicted molar refractivity (Wildman–Crippen MR) is 85.4 cm³/mol. The Morgan fingerprint density at radius 2 is 2.10 bits per heavy atom. The summed E-state index contributed by atoms with van der Waals surface area (Å²) in [5.74, 6) is 1.19. The second-order valence-corrected chi connectivity index (χ2v) is 7.86. The third-order valence-corrected chi connectivity index (χ3v) is 6.55. The summed E-state index contributed by atoms with van der Waals surface area (Å²) in [5, 5.41) is 4.33. The predicted octanol–water partition coefficient (Wildman–Crippen LogP) is 2.77. The first-order valence-corrected chi connectivity index (χ1v) is 9.83. The van der Waals surface area contributed by atoms with Crippen molar-refractivity contribution in [3.05, 3.63) is 30.3 Å². The Kier molecular flexibility index (Phi) is 6.62. The van der Waals surface area contributed by atoms with E-state index in [1.807, 2.05) is 0 Å². The molecule has 0 heterocycles. The third kappa shape index (κ3) is 4.64. The van der Waals surface area contributed by atoms with Gasteiger partial charge in [0.05, 0.1) is 0 Å². The van der Waals surface area contributed by atoms with Gasteiger partial charge in [0.25, 0.3) is 0 Å². The first kappa shape index (κ1) is 15.6. The number of hydrogen-bond donors (Lipinski definition) is 1. The van der Waals surface area contributed by atoms with Gasteiger partial charge in [-0.3, -0.25) is 0 Å². The van der Waals surface area contributed by atoms with Crippen molar-refractivity contribution >= 4 is 25.3 Å². The number of benzene rings is 1. The van der Waals surface area contributed by atoms with Crippen molar-refractivity contribution in [1.82, 2.24) is 5.32 Å². The van der Waals surface area contributed by atoms with Crippen molar-refractivity contribution in [1.29, 1.82) is 0 Å². The van der Waals surface area contributed by atoms with Crippen LogP contribution in [-0.4, -0.2) is 27.4 Å². The number of unbranched alkanes of at least 4 members (excludes halogenated alkanes) is 1. The molecule has 2 rings (SSSR count). The Morgan fingerprint density at radius 1 is 1.30 bits per heavy atom. The second-order valence-electron chi connectivity index (χ2n) is 5.57. The van der Waals surface area contributed by atoms with E-state index < -0.39 is 0 Å². The zero-order chi connectivity index (χ0) is 14.2. The Labute approximate surface area is 128 Å². The molecule has 0 bridgehead atoms.